The molecule has 2 heteroatoms. The molecule has 1 aromatic carbocycles. The van der Waals surface area contributed by atoms with Gasteiger partial charge in [-0.15, -0.1) is 0 Å². The third-order valence-corrected chi connectivity index (χ3v) is 3.64. The van der Waals surface area contributed by atoms with Gasteiger partial charge in [-0.25, -0.2) is 0 Å². The van der Waals surface area contributed by atoms with Crippen LogP contribution in [0, 0.1) is 0 Å². The van der Waals surface area contributed by atoms with Gasteiger partial charge >= 0.3 is 0 Å². The highest BCUT2D eigenvalue weighted by atomic mass is 15.1. The summed E-state index contributed by atoms with van der Waals surface area (Å²) in [6.07, 6.45) is 2.37. The van der Waals surface area contributed by atoms with Crippen molar-refractivity contribution < 1.29 is 0 Å². The van der Waals surface area contributed by atoms with Gasteiger partial charge in [0.2, 0.25) is 0 Å². The van der Waals surface area contributed by atoms with Crippen LogP contribution in [-0.2, 0) is 0 Å². The Balaban J connectivity index is 2.72. The fourth-order valence-corrected chi connectivity index (χ4v) is 2.31. The topological polar surface area (TPSA) is 15.3 Å². The molecule has 102 valence electrons. The van der Waals surface area contributed by atoms with Crippen LogP contribution in [0.2, 0.25) is 0 Å². The van der Waals surface area contributed by atoms with Crippen molar-refractivity contribution in [1.82, 2.24) is 5.32 Å². The molecular formula is C16H28N2. The number of nitrogens with zero attached hydrogens (tertiary/aromatic N) is 1. The summed E-state index contributed by atoms with van der Waals surface area (Å²) in [5, 5.41) is 3.64. The molecule has 2 atom stereocenters. The van der Waals surface area contributed by atoms with E-state index in [4.69, 9.17) is 0 Å². The highest BCUT2D eigenvalue weighted by Crippen LogP contribution is 2.23. The minimum atomic E-state index is 0.567. The van der Waals surface area contributed by atoms with Gasteiger partial charge in [-0.3, -0.25) is 0 Å². The van der Waals surface area contributed by atoms with Gasteiger partial charge in [-0.05, 0) is 43.0 Å². The molecule has 0 bridgehead atoms. The Bertz CT molecular complexity index is 329. The van der Waals surface area contributed by atoms with Gasteiger partial charge in [0.1, 0.15) is 0 Å². The number of hydrogen-bond donors (Lipinski definition) is 1. The van der Waals surface area contributed by atoms with Crippen molar-refractivity contribution >= 4 is 5.69 Å². The summed E-state index contributed by atoms with van der Waals surface area (Å²) in [4.78, 5) is 2.14. The molecule has 0 aliphatic heterocycles. The highest BCUT2D eigenvalue weighted by molar-refractivity contribution is 5.46. The fourth-order valence-electron chi connectivity index (χ4n) is 2.31. The van der Waals surface area contributed by atoms with E-state index in [1.807, 2.05) is 0 Å². The van der Waals surface area contributed by atoms with E-state index < -0.39 is 0 Å². The van der Waals surface area contributed by atoms with E-state index in [0.29, 0.717) is 12.0 Å². The van der Waals surface area contributed by atoms with Crippen molar-refractivity contribution in [3.63, 3.8) is 0 Å². The summed E-state index contributed by atoms with van der Waals surface area (Å²) in [5.41, 5.74) is 2.69. The average molecular weight is 248 g/mol. The lowest BCUT2D eigenvalue weighted by Gasteiger charge is -2.25. The van der Waals surface area contributed by atoms with E-state index in [2.05, 4.69) is 69.3 Å². The van der Waals surface area contributed by atoms with Crippen LogP contribution in [-0.4, -0.2) is 26.7 Å². The van der Waals surface area contributed by atoms with Crippen LogP contribution in [0.4, 0.5) is 5.69 Å². The number of rotatable bonds is 7. The molecule has 18 heavy (non-hydrogen) atoms. The molecule has 2 unspecified atom stereocenters. The van der Waals surface area contributed by atoms with Gasteiger partial charge in [0, 0.05) is 25.8 Å². The molecule has 1 aromatic rings. The Morgan fingerprint density at radius 1 is 1.11 bits per heavy atom. The summed E-state index contributed by atoms with van der Waals surface area (Å²) in [5.74, 6) is 0.567. The largest absolute Gasteiger partial charge is 0.378 e. The van der Waals surface area contributed by atoms with Gasteiger partial charge in [-0.1, -0.05) is 32.9 Å². The molecule has 0 saturated heterocycles. The van der Waals surface area contributed by atoms with Gasteiger partial charge in [0.05, 0.1) is 0 Å². The Hall–Kier alpha value is -1.02. The Kier molecular flexibility index (Phi) is 6.20. The predicted octanol–water partition coefficient (Wildman–Crippen LogP) is 3.63. The summed E-state index contributed by atoms with van der Waals surface area (Å²) >= 11 is 0. The molecule has 0 aliphatic carbocycles. The summed E-state index contributed by atoms with van der Waals surface area (Å²) in [6.45, 7) is 7.91. The summed E-state index contributed by atoms with van der Waals surface area (Å²) in [6, 6.07) is 9.51. The zero-order valence-electron chi connectivity index (χ0n) is 12.5. The zero-order chi connectivity index (χ0) is 13.5. The van der Waals surface area contributed by atoms with Crippen LogP contribution in [0.5, 0.6) is 0 Å². The van der Waals surface area contributed by atoms with Gasteiger partial charge in [-0.2, -0.15) is 0 Å². The molecule has 0 amide bonds. The van der Waals surface area contributed by atoms with Crippen molar-refractivity contribution in [3.8, 4) is 0 Å². The molecule has 2 nitrogen and oxygen atoms in total. The number of anilines is 1. The van der Waals surface area contributed by atoms with Crippen LogP contribution in [0.25, 0.3) is 0 Å². The van der Waals surface area contributed by atoms with Crippen LogP contribution >= 0.6 is 0 Å². The fraction of sp³-hybridized carbons (Fsp3) is 0.625. The summed E-state index contributed by atoms with van der Waals surface area (Å²) < 4.78 is 0. The van der Waals surface area contributed by atoms with Crippen molar-refractivity contribution in [2.45, 2.75) is 45.6 Å². The van der Waals surface area contributed by atoms with Gasteiger partial charge in [0.25, 0.3) is 0 Å². The number of benzene rings is 1. The van der Waals surface area contributed by atoms with Crippen LogP contribution in [0.15, 0.2) is 24.3 Å². The second-order valence-corrected chi connectivity index (χ2v) is 5.24. The van der Waals surface area contributed by atoms with E-state index in [1.54, 1.807) is 0 Å². The maximum atomic E-state index is 3.64. The van der Waals surface area contributed by atoms with Crippen LogP contribution in [0.1, 0.15) is 45.1 Å². The van der Waals surface area contributed by atoms with E-state index in [-0.39, 0.29) is 0 Å². The molecular weight excluding hydrogens is 220 g/mol. The first kappa shape index (κ1) is 15.0. The summed E-state index contributed by atoms with van der Waals surface area (Å²) in [7, 11) is 4.16. The van der Waals surface area contributed by atoms with Crippen molar-refractivity contribution in [2.24, 2.45) is 0 Å². The van der Waals surface area contributed by atoms with Crippen molar-refractivity contribution in [3.05, 3.63) is 29.8 Å². The maximum absolute atomic E-state index is 3.64. The van der Waals surface area contributed by atoms with Gasteiger partial charge < -0.3 is 10.2 Å². The molecule has 0 fully saturated rings. The van der Waals surface area contributed by atoms with E-state index in [1.165, 1.54) is 24.1 Å². The highest BCUT2D eigenvalue weighted by Gasteiger charge is 2.16. The van der Waals surface area contributed by atoms with Gasteiger partial charge in [0.15, 0.2) is 0 Å². The lowest BCUT2D eigenvalue weighted by molar-refractivity contribution is 0.438. The van der Waals surface area contributed by atoms with Crippen molar-refractivity contribution in [2.75, 3.05) is 25.5 Å². The molecule has 0 heterocycles. The minimum Gasteiger partial charge on any atom is -0.378 e. The quantitative estimate of drug-likeness (QED) is 0.792. The normalized spacial score (nSPS) is 14.3. The van der Waals surface area contributed by atoms with E-state index >= 15 is 0 Å². The van der Waals surface area contributed by atoms with Crippen LogP contribution < -0.4 is 10.2 Å². The van der Waals surface area contributed by atoms with Crippen molar-refractivity contribution in [1.29, 1.82) is 0 Å². The number of nitrogens with one attached hydrogen (secondary N) is 1. The molecule has 0 aliphatic rings. The Labute approximate surface area is 112 Å². The standard InChI is InChI=1S/C16H28N2/c1-6-12-17-16(7-2)13(3)14-8-10-15(11-9-14)18(4)5/h8-11,13,16-17H,6-7,12H2,1-5H3. The molecule has 0 spiro atoms. The second kappa shape index (κ2) is 7.42. The lowest BCUT2D eigenvalue weighted by Crippen LogP contribution is -2.33. The third-order valence-electron chi connectivity index (χ3n) is 3.64. The Morgan fingerprint density at radius 2 is 1.72 bits per heavy atom. The first-order chi connectivity index (χ1) is 8.60. The molecule has 0 radical (unpaired) electrons. The minimum absolute atomic E-state index is 0.567. The monoisotopic (exact) mass is 248 g/mol. The Morgan fingerprint density at radius 3 is 2.17 bits per heavy atom. The average Bonchev–Trinajstić information content (AvgIpc) is 2.39. The molecule has 1 rings (SSSR count). The van der Waals surface area contributed by atoms with E-state index in [9.17, 15) is 0 Å². The molecule has 0 saturated carbocycles. The first-order valence-corrected chi connectivity index (χ1v) is 7.10. The lowest BCUT2D eigenvalue weighted by atomic mass is 9.91. The maximum Gasteiger partial charge on any atom is 0.0361 e. The molecule has 1 N–H and O–H groups in total. The SMILES string of the molecule is CCCNC(CC)C(C)c1ccc(N(C)C)cc1. The first-order valence-electron chi connectivity index (χ1n) is 7.10. The zero-order valence-corrected chi connectivity index (χ0v) is 12.5. The molecule has 0 aromatic heterocycles. The smallest absolute Gasteiger partial charge is 0.0361 e. The third kappa shape index (κ3) is 4.02. The van der Waals surface area contributed by atoms with Crippen LogP contribution in [0.3, 0.4) is 0 Å². The van der Waals surface area contributed by atoms with E-state index in [0.717, 1.165) is 6.54 Å². The second-order valence-electron chi connectivity index (χ2n) is 5.24. The predicted molar refractivity (Wildman–Crippen MR) is 81.6 cm³/mol. The number of hydrogen-bond acceptors (Lipinski definition) is 2.